The standard InChI is InChI=1S/C15H17NO7S/c1-10(17)23-16-14(24(4,19)20)12-8-6-5-7-11(12)13(9-21-2)15(18)22-3/h5-9H,1-4H3/b13-9-,16-14+. The summed E-state index contributed by atoms with van der Waals surface area (Å²) >= 11 is 0. The molecule has 0 radical (unpaired) electrons. The van der Waals surface area contributed by atoms with Crippen LogP contribution in [-0.4, -0.2) is 45.9 Å². The fraction of sp³-hybridized carbons (Fsp3) is 0.267. The van der Waals surface area contributed by atoms with Crippen LogP contribution in [0.1, 0.15) is 18.1 Å². The maximum atomic E-state index is 12.0. The molecule has 0 spiro atoms. The van der Waals surface area contributed by atoms with Gasteiger partial charge in [0, 0.05) is 24.3 Å². The Hall–Kier alpha value is -2.68. The Bertz CT molecular complexity index is 794. The Kier molecular flexibility index (Phi) is 6.66. The minimum Gasteiger partial charge on any atom is -0.503 e. The molecule has 0 fully saturated rings. The minimum atomic E-state index is -3.86. The van der Waals surface area contributed by atoms with Gasteiger partial charge in [0.1, 0.15) is 5.57 Å². The zero-order valence-corrected chi connectivity index (χ0v) is 14.4. The molecule has 0 amide bonds. The molecule has 1 rings (SSSR count). The molecule has 0 bridgehead atoms. The molecule has 0 saturated carbocycles. The number of hydrogen-bond donors (Lipinski definition) is 0. The molecule has 1 aromatic rings. The van der Waals surface area contributed by atoms with Crippen molar-refractivity contribution in [1.29, 1.82) is 0 Å². The van der Waals surface area contributed by atoms with E-state index in [-0.39, 0.29) is 16.7 Å². The van der Waals surface area contributed by atoms with Crippen molar-refractivity contribution in [3.05, 3.63) is 41.7 Å². The van der Waals surface area contributed by atoms with Crippen LogP contribution < -0.4 is 0 Å². The molecule has 24 heavy (non-hydrogen) atoms. The van der Waals surface area contributed by atoms with Crippen LogP contribution in [0, 0.1) is 0 Å². The molecule has 0 unspecified atom stereocenters. The van der Waals surface area contributed by atoms with Gasteiger partial charge in [0.2, 0.25) is 5.04 Å². The molecule has 0 saturated heterocycles. The van der Waals surface area contributed by atoms with Gasteiger partial charge in [-0.1, -0.05) is 29.4 Å². The third-order valence-electron chi connectivity index (χ3n) is 2.70. The average Bonchev–Trinajstić information content (AvgIpc) is 2.51. The maximum Gasteiger partial charge on any atom is 0.341 e. The summed E-state index contributed by atoms with van der Waals surface area (Å²) in [6, 6.07) is 6.06. The van der Waals surface area contributed by atoms with Gasteiger partial charge in [0.25, 0.3) is 0 Å². The number of esters is 1. The van der Waals surface area contributed by atoms with Crippen LogP contribution in [0.3, 0.4) is 0 Å². The van der Waals surface area contributed by atoms with Crippen LogP contribution in [0.5, 0.6) is 0 Å². The minimum absolute atomic E-state index is 0.0187. The Morgan fingerprint density at radius 3 is 2.17 bits per heavy atom. The van der Waals surface area contributed by atoms with Crippen LogP contribution >= 0.6 is 0 Å². The molecule has 8 nitrogen and oxygen atoms in total. The molecule has 0 aliphatic carbocycles. The van der Waals surface area contributed by atoms with Crippen LogP contribution in [0.2, 0.25) is 0 Å². The predicted octanol–water partition coefficient (Wildman–Crippen LogP) is 1.12. The molecule has 0 aliphatic heterocycles. The summed E-state index contributed by atoms with van der Waals surface area (Å²) in [5, 5.41) is 2.91. The first kappa shape index (κ1) is 19.4. The van der Waals surface area contributed by atoms with Crippen molar-refractivity contribution in [2.24, 2.45) is 5.16 Å². The van der Waals surface area contributed by atoms with Crippen LogP contribution in [-0.2, 0) is 33.7 Å². The first-order valence-electron chi connectivity index (χ1n) is 6.59. The Balaban J connectivity index is 3.64. The highest BCUT2D eigenvalue weighted by molar-refractivity contribution is 8.06. The van der Waals surface area contributed by atoms with Gasteiger partial charge in [0.05, 0.1) is 20.5 Å². The number of carbonyl (C=O) groups excluding carboxylic acids is 2. The van der Waals surface area contributed by atoms with Crippen molar-refractivity contribution in [3.63, 3.8) is 0 Å². The Labute approximate surface area is 139 Å². The largest absolute Gasteiger partial charge is 0.503 e. The van der Waals surface area contributed by atoms with Crippen molar-refractivity contribution in [3.8, 4) is 0 Å². The van der Waals surface area contributed by atoms with E-state index >= 15 is 0 Å². The summed E-state index contributed by atoms with van der Waals surface area (Å²) in [5.41, 5.74) is 0.243. The van der Waals surface area contributed by atoms with E-state index in [1.54, 1.807) is 12.1 Å². The number of oxime groups is 1. The topological polar surface area (TPSA) is 108 Å². The summed E-state index contributed by atoms with van der Waals surface area (Å²) in [5.74, 6) is -1.51. The average molecular weight is 355 g/mol. The molecule has 0 aromatic heterocycles. The quantitative estimate of drug-likeness (QED) is 0.148. The van der Waals surface area contributed by atoms with Gasteiger partial charge in [-0.3, -0.25) is 0 Å². The van der Waals surface area contributed by atoms with Crippen molar-refractivity contribution in [1.82, 2.24) is 0 Å². The molecule has 0 heterocycles. The van der Waals surface area contributed by atoms with Crippen molar-refractivity contribution >= 4 is 32.4 Å². The molecule has 1 aromatic carbocycles. The summed E-state index contributed by atoms with van der Waals surface area (Å²) in [4.78, 5) is 27.4. The summed E-state index contributed by atoms with van der Waals surface area (Å²) in [6.45, 7) is 1.08. The summed E-state index contributed by atoms with van der Waals surface area (Å²) in [6.07, 6.45) is 2.03. The first-order chi connectivity index (χ1) is 11.2. The monoisotopic (exact) mass is 355 g/mol. The van der Waals surface area contributed by atoms with E-state index < -0.39 is 26.8 Å². The van der Waals surface area contributed by atoms with Gasteiger partial charge in [-0.15, -0.1) is 0 Å². The van der Waals surface area contributed by atoms with Gasteiger partial charge in [-0.25, -0.2) is 18.0 Å². The third kappa shape index (κ3) is 4.92. The number of sulfone groups is 1. The lowest BCUT2D eigenvalue weighted by Crippen LogP contribution is -2.18. The number of benzene rings is 1. The Morgan fingerprint density at radius 2 is 1.71 bits per heavy atom. The van der Waals surface area contributed by atoms with Crippen molar-refractivity contribution in [2.75, 3.05) is 20.5 Å². The molecular weight excluding hydrogens is 338 g/mol. The number of methoxy groups -OCH3 is 2. The number of nitrogens with zero attached hydrogens (tertiary/aromatic N) is 1. The fourth-order valence-electron chi connectivity index (χ4n) is 1.78. The third-order valence-corrected chi connectivity index (χ3v) is 3.69. The summed E-state index contributed by atoms with van der Waals surface area (Å²) < 4.78 is 33.6. The second kappa shape index (κ2) is 8.25. The molecule has 130 valence electrons. The number of hydrogen-bond acceptors (Lipinski definition) is 8. The fourth-order valence-corrected chi connectivity index (χ4v) is 2.53. The second-order valence-electron chi connectivity index (χ2n) is 4.56. The van der Waals surface area contributed by atoms with E-state index in [9.17, 15) is 18.0 Å². The van der Waals surface area contributed by atoms with Gasteiger partial charge in [0.15, 0.2) is 9.84 Å². The smallest absolute Gasteiger partial charge is 0.341 e. The molecule has 0 N–H and O–H groups in total. The first-order valence-corrected chi connectivity index (χ1v) is 8.48. The van der Waals surface area contributed by atoms with E-state index in [4.69, 9.17) is 4.74 Å². The van der Waals surface area contributed by atoms with E-state index in [1.807, 2.05) is 0 Å². The number of rotatable bonds is 5. The van der Waals surface area contributed by atoms with E-state index in [2.05, 4.69) is 14.7 Å². The van der Waals surface area contributed by atoms with Crippen molar-refractivity contribution < 1.29 is 32.3 Å². The lowest BCUT2D eigenvalue weighted by molar-refractivity contribution is -0.141. The van der Waals surface area contributed by atoms with Crippen LogP contribution in [0.25, 0.3) is 5.57 Å². The van der Waals surface area contributed by atoms with Gasteiger partial charge in [-0.2, -0.15) is 0 Å². The van der Waals surface area contributed by atoms with Crippen LogP contribution in [0.15, 0.2) is 35.7 Å². The van der Waals surface area contributed by atoms with E-state index in [0.717, 1.165) is 19.4 Å². The molecule has 9 heteroatoms. The second-order valence-corrected chi connectivity index (χ2v) is 6.49. The Morgan fingerprint density at radius 1 is 1.12 bits per heavy atom. The lowest BCUT2D eigenvalue weighted by Gasteiger charge is -2.12. The van der Waals surface area contributed by atoms with Gasteiger partial charge < -0.3 is 14.3 Å². The van der Waals surface area contributed by atoms with E-state index in [0.29, 0.717) is 0 Å². The molecule has 0 atom stereocenters. The zero-order chi connectivity index (χ0) is 18.3. The predicted molar refractivity (Wildman–Crippen MR) is 86.6 cm³/mol. The highest BCUT2D eigenvalue weighted by Gasteiger charge is 2.25. The maximum absolute atomic E-state index is 12.0. The lowest BCUT2D eigenvalue weighted by atomic mass is 10.0. The highest BCUT2D eigenvalue weighted by Crippen LogP contribution is 2.23. The highest BCUT2D eigenvalue weighted by atomic mass is 32.2. The molecule has 0 aliphatic rings. The number of ether oxygens (including phenoxy) is 2. The van der Waals surface area contributed by atoms with Gasteiger partial charge in [-0.05, 0) is 0 Å². The van der Waals surface area contributed by atoms with Crippen molar-refractivity contribution in [2.45, 2.75) is 6.92 Å². The zero-order valence-electron chi connectivity index (χ0n) is 13.6. The van der Waals surface area contributed by atoms with Gasteiger partial charge >= 0.3 is 11.9 Å². The van der Waals surface area contributed by atoms with E-state index in [1.165, 1.54) is 26.4 Å². The number of carbonyl (C=O) groups is 2. The normalized spacial score (nSPS) is 12.5. The molecular formula is C15H17NO7S. The van der Waals surface area contributed by atoms with Crippen LogP contribution in [0.4, 0.5) is 0 Å². The summed E-state index contributed by atoms with van der Waals surface area (Å²) in [7, 11) is -1.36. The SMILES string of the molecule is CO/C=C(\C(=O)OC)c1ccccc1/C(=N\OC(C)=O)S(C)(=O)=O.